The average molecular weight is 378 g/mol. The quantitative estimate of drug-likeness (QED) is 0.486. The molecule has 3 rings (SSSR count). The molecule has 0 fully saturated rings. The Kier molecular flexibility index (Phi) is 5.25. The van der Waals surface area contributed by atoms with Crippen molar-refractivity contribution in [1.29, 1.82) is 0 Å². The molecule has 0 radical (unpaired) electrons. The van der Waals surface area contributed by atoms with E-state index in [2.05, 4.69) is 0 Å². The predicted molar refractivity (Wildman–Crippen MR) is 112 cm³/mol. The molecule has 3 aromatic carbocycles. The zero-order chi connectivity index (χ0) is 19.4. The van der Waals surface area contributed by atoms with Crippen molar-refractivity contribution in [2.24, 2.45) is 0 Å². The summed E-state index contributed by atoms with van der Waals surface area (Å²) < 4.78 is 6.40. The minimum absolute atomic E-state index is 0.405. The molecule has 0 amide bonds. The third-order valence-electron chi connectivity index (χ3n) is 5.10. The Hall–Kier alpha value is -2.77. The molecule has 0 spiro atoms. The van der Waals surface area contributed by atoms with Gasteiger partial charge < -0.3 is 0 Å². The summed E-state index contributed by atoms with van der Waals surface area (Å²) in [7, 11) is 0. The van der Waals surface area contributed by atoms with Crippen LogP contribution >= 0.6 is 6.83 Å². The molecule has 1 atom stereocenters. The molecule has 4 heteroatoms. The Morgan fingerprint density at radius 2 is 1.11 bits per heavy atom. The first-order valence-corrected chi connectivity index (χ1v) is 11.1. The van der Waals surface area contributed by atoms with E-state index in [-0.39, 0.29) is 0 Å². The van der Waals surface area contributed by atoms with Crippen molar-refractivity contribution in [2.45, 2.75) is 19.5 Å². The van der Waals surface area contributed by atoms with Crippen molar-refractivity contribution < 1.29 is 14.1 Å². The van der Waals surface area contributed by atoms with Gasteiger partial charge in [-0.05, 0) is 0 Å². The molecule has 138 valence electrons. The van der Waals surface area contributed by atoms with Crippen LogP contribution in [0.2, 0.25) is 0 Å². The van der Waals surface area contributed by atoms with E-state index in [1.54, 1.807) is 0 Å². The summed E-state index contributed by atoms with van der Waals surface area (Å²) in [4.78, 5) is 24.8. The zero-order valence-electron chi connectivity index (χ0n) is 15.5. The van der Waals surface area contributed by atoms with E-state index in [1.165, 1.54) is 6.92 Å². The standard InChI is InChI=1S/C23H23O3P/c1-19(18-24)27(26-20(2)25,21-12-6-3-7-13-21,22-14-8-4-9-15-22)23-16-10-5-11-17-23/h3-19H,1-2H3. The molecule has 0 saturated carbocycles. The Morgan fingerprint density at radius 3 is 1.37 bits per heavy atom. The van der Waals surface area contributed by atoms with Crippen LogP contribution in [-0.4, -0.2) is 17.9 Å². The van der Waals surface area contributed by atoms with E-state index >= 15 is 0 Å². The van der Waals surface area contributed by atoms with Crippen molar-refractivity contribution in [3.63, 3.8) is 0 Å². The summed E-state index contributed by atoms with van der Waals surface area (Å²) in [5.41, 5.74) is -0.549. The number of hydrogen-bond donors (Lipinski definition) is 0. The van der Waals surface area contributed by atoms with Gasteiger partial charge in [-0.3, -0.25) is 0 Å². The molecule has 0 N–H and O–H groups in total. The fourth-order valence-electron chi connectivity index (χ4n) is 3.95. The molecule has 0 aliphatic heterocycles. The summed E-state index contributed by atoms with van der Waals surface area (Å²) in [6.07, 6.45) is 0.910. The molecule has 3 aromatic rings. The van der Waals surface area contributed by atoms with Gasteiger partial charge in [-0.1, -0.05) is 0 Å². The van der Waals surface area contributed by atoms with Crippen LogP contribution in [0.5, 0.6) is 0 Å². The van der Waals surface area contributed by atoms with Gasteiger partial charge in [0, 0.05) is 0 Å². The van der Waals surface area contributed by atoms with Gasteiger partial charge in [0.15, 0.2) is 0 Å². The molecule has 3 nitrogen and oxygen atoms in total. The van der Waals surface area contributed by atoms with Gasteiger partial charge in [-0.25, -0.2) is 0 Å². The minimum atomic E-state index is -3.88. The molecule has 1 unspecified atom stereocenters. The molecule has 0 heterocycles. The van der Waals surface area contributed by atoms with Gasteiger partial charge in [0.2, 0.25) is 0 Å². The SMILES string of the molecule is CC(=O)OP(c1ccccc1)(c1ccccc1)(c1ccccc1)C(C)C=O. The number of carbonyl (C=O) groups excluding carboxylic acids is 2. The fourth-order valence-corrected chi connectivity index (χ4v) is 9.80. The maximum atomic E-state index is 12.5. The number of hydrogen-bond acceptors (Lipinski definition) is 3. The van der Waals surface area contributed by atoms with E-state index in [0.717, 1.165) is 22.2 Å². The Balaban J connectivity index is 2.60. The van der Waals surface area contributed by atoms with E-state index < -0.39 is 18.5 Å². The van der Waals surface area contributed by atoms with E-state index in [4.69, 9.17) is 4.52 Å². The van der Waals surface area contributed by atoms with Crippen molar-refractivity contribution in [1.82, 2.24) is 0 Å². The first-order chi connectivity index (χ1) is 13.1. The van der Waals surface area contributed by atoms with Crippen LogP contribution in [0, 0.1) is 0 Å². The number of aldehydes is 1. The molecular weight excluding hydrogens is 355 g/mol. The maximum absolute atomic E-state index is 12.5. The van der Waals surface area contributed by atoms with Gasteiger partial charge in [0.25, 0.3) is 0 Å². The first-order valence-electron chi connectivity index (χ1n) is 8.90. The van der Waals surface area contributed by atoms with Crippen LogP contribution < -0.4 is 15.9 Å². The molecule has 0 aromatic heterocycles. The van der Waals surface area contributed by atoms with Crippen LogP contribution in [0.25, 0.3) is 0 Å². The van der Waals surface area contributed by atoms with Crippen LogP contribution in [0.15, 0.2) is 91.0 Å². The van der Waals surface area contributed by atoms with Crippen LogP contribution in [-0.2, 0) is 14.1 Å². The van der Waals surface area contributed by atoms with Gasteiger partial charge >= 0.3 is 160 Å². The summed E-state index contributed by atoms with van der Waals surface area (Å²) in [6.45, 7) is -0.619. The van der Waals surface area contributed by atoms with Crippen LogP contribution in [0.4, 0.5) is 0 Å². The summed E-state index contributed by atoms with van der Waals surface area (Å²) in [6, 6.07) is 29.0. The number of rotatable bonds is 6. The molecule has 0 aliphatic rings. The van der Waals surface area contributed by atoms with Crippen LogP contribution in [0.3, 0.4) is 0 Å². The summed E-state index contributed by atoms with van der Waals surface area (Å²) >= 11 is 0. The zero-order valence-corrected chi connectivity index (χ0v) is 16.4. The molecular formula is C23H23O3P. The third-order valence-corrected chi connectivity index (χ3v) is 11.4. The normalized spacial score (nSPS) is 13.8. The van der Waals surface area contributed by atoms with Crippen molar-refractivity contribution in [3.05, 3.63) is 91.0 Å². The van der Waals surface area contributed by atoms with Gasteiger partial charge in [0.05, 0.1) is 0 Å². The average Bonchev–Trinajstić information content (AvgIpc) is 2.73. The van der Waals surface area contributed by atoms with E-state index in [1.807, 2.05) is 97.9 Å². The van der Waals surface area contributed by atoms with E-state index in [9.17, 15) is 9.59 Å². The fraction of sp³-hybridized carbons (Fsp3) is 0.130. The summed E-state index contributed by atoms with van der Waals surface area (Å²) in [5, 5.41) is 2.57. The molecule has 27 heavy (non-hydrogen) atoms. The second kappa shape index (κ2) is 7.46. The second-order valence-corrected chi connectivity index (χ2v) is 11.3. The molecule has 0 bridgehead atoms. The second-order valence-electron chi connectivity index (χ2n) is 6.57. The van der Waals surface area contributed by atoms with Crippen molar-refractivity contribution >= 4 is 35.0 Å². The number of carbonyl (C=O) groups is 2. The number of benzene rings is 3. The topological polar surface area (TPSA) is 43.4 Å². The van der Waals surface area contributed by atoms with Crippen molar-refractivity contribution in [3.8, 4) is 0 Å². The third kappa shape index (κ3) is 2.79. The Bertz CT molecular complexity index is 824. The van der Waals surface area contributed by atoms with Gasteiger partial charge in [-0.2, -0.15) is 0 Å². The van der Waals surface area contributed by atoms with Gasteiger partial charge in [0.1, 0.15) is 0 Å². The van der Waals surface area contributed by atoms with E-state index in [0.29, 0.717) is 0 Å². The first kappa shape index (κ1) is 19.0. The monoisotopic (exact) mass is 378 g/mol. The van der Waals surface area contributed by atoms with Crippen molar-refractivity contribution in [2.75, 3.05) is 0 Å². The van der Waals surface area contributed by atoms with Crippen LogP contribution in [0.1, 0.15) is 13.8 Å². The summed E-state index contributed by atoms with van der Waals surface area (Å²) in [5.74, 6) is -0.405. The Morgan fingerprint density at radius 1 is 0.778 bits per heavy atom. The molecule has 0 saturated heterocycles. The Labute approximate surface area is 160 Å². The predicted octanol–water partition coefficient (Wildman–Crippen LogP) is 3.58. The molecule has 0 aliphatic carbocycles. The van der Waals surface area contributed by atoms with Gasteiger partial charge in [-0.15, -0.1) is 0 Å².